The van der Waals surface area contributed by atoms with Gasteiger partial charge in [0.15, 0.2) is 0 Å². The van der Waals surface area contributed by atoms with Gasteiger partial charge >= 0.3 is 0 Å². The van der Waals surface area contributed by atoms with E-state index in [1.54, 1.807) is 4.90 Å². The molecule has 0 fully saturated rings. The Morgan fingerprint density at radius 2 is 2.00 bits per heavy atom. The van der Waals surface area contributed by atoms with Crippen LogP contribution in [0.1, 0.15) is 23.6 Å². The first kappa shape index (κ1) is 16.5. The molecule has 24 heavy (non-hydrogen) atoms. The van der Waals surface area contributed by atoms with Crippen molar-refractivity contribution in [3.63, 3.8) is 0 Å². The van der Waals surface area contributed by atoms with Crippen LogP contribution < -0.4 is 0 Å². The summed E-state index contributed by atoms with van der Waals surface area (Å²) < 4.78 is 0. The van der Waals surface area contributed by atoms with Gasteiger partial charge in [-0.25, -0.2) is 0 Å². The fraction of sp³-hybridized carbons (Fsp3) is 0.278. The van der Waals surface area contributed by atoms with Gasteiger partial charge in [-0.05, 0) is 23.6 Å². The standard InChI is InChI=1S/C18H18N2O3S/c1-13(21)19-10-9-15-7-8-17(18(20(22)23)16(15)11-19)24-12-14-5-3-2-4-6-14/h2-8H,9-12H2,1H3. The molecule has 1 amide bonds. The summed E-state index contributed by atoms with van der Waals surface area (Å²) >= 11 is 1.47. The van der Waals surface area contributed by atoms with Gasteiger partial charge in [0.2, 0.25) is 5.91 Å². The Hall–Kier alpha value is -2.34. The van der Waals surface area contributed by atoms with E-state index in [0.717, 1.165) is 11.1 Å². The smallest absolute Gasteiger partial charge is 0.288 e. The van der Waals surface area contributed by atoms with Gasteiger partial charge in [0.05, 0.1) is 21.9 Å². The van der Waals surface area contributed by atoms with Gasteiger partial charge in [0.25, 0.3) is 5.69 Å². The topological polar surface area (TPSA) is 63.5 Å². The fourth-order valence-electron chi connectivity index (χ4n) is 2.91. The molecular formula is C18H18N2O3S. The molecule has 3 rings (SSSR count). The zero-order valence-corrected chi connectivity index (χ0v) is 14.2. The van der Waals surface area contributed by atoms with E-state index in [0.29, 0.717) is 35.7 Å². The quantitative estimate of drug-likeness (QED) is 0.482. The Morgan fingerprint density at radius 3 is 2.67 bits per heavy atom. The van der Waals surface area contributed by atoms with Crippen molar-refractivity contribution in [3.05, 3.63) is 69.3 Å². The van der Waals surface area contributed by atoms with Gasteiger partial charge in [0.1, 0.15) is 0 Å². The van der Waals surface area contributed by atoms with E-state index in [4.69, 9.17) is 0 Å². The van der Waals surface area contributed by atoms with Crippen molar-refractivity contribution in [3.8, 4) is 0 Å². The zero-order valence-electron chi connectivity index (χ0n) is 13.4. The summed E-state index contributed by atoms with van der Waals surface area (Å²) in [6, 6.07) is 13.7. The average molecular weight is 342 g/mol. The number of fused-ring (bicyclic) bond motifs is 1. The van der Waals surface area contributed by atoms with E-state index in [1.807, 2.05) is 42.5 Å². The van der Waals surface area contributed by atoms with E-state index in [2.05, 4.69) is 0 Å². The predicted octanol–water partition coefficient (Wildman–Crippen LogP) is 3.79. The molecular weight excluding hydrogens is 324 g/mol. The molecule has 0 saturated carbocycles. The third-order valence-corrected chi connectivity index (χ3v) is 5.33. The molecule has 0 spiro atoms. The molecule has 6 heteroatoms. The van der Waals surface area contributed by atoms with Crippen molar-refractivity contribution in [1.82, 2.24) is 4.90 Å². The Kier molecular flexibility index (Phi) is 4.85. The highest BCUT2D eigenvalue weighted by molar-refractivity contribution is 7.98. The second-order valence-corrected chi connectivity index (χ2v) is 6.79. The van der Waals surface area contributed by atoms with Crippen molar-refractivity contribution in [2.75, 3.05) is 6.54 Å². The van der Waals surface area contributed by atoms with Crippen LogP contribution in [0, 0.1) is 10.1 Å². The molecule has 0 bridgehead atoms. The van der Waals surface area contributed by atoms with Crippen LogP contribution in [0.2, 0.25) is 0 Å². The molecule has 2 aromatic carbocycles. The van der Waals surface area contributed by atoms with Gasteiger partial charge in [-0.2, -0.15) is 0 Å². The summed E-state index contributed by atoms with van der Waals surface area (Å²) in [5.74, 6) is 0.633. The van der Waals surface area contributed by atoms with Gasteiger partial charge in [-0.15, -0.1) is 11.8 Å². The predicted molar refractivity (Wildman–Crippen MR) is 93.9 cm³/mol. The van der Waals surface area contributed by atoms with Crippen LogP contribution >= 0.6 is 11.8 Å². The molecule has 0 N–H and O–H groups in total. The molecule has 5 nitrogen and oxygen atoms in total. The lowest BCUT2D eigenvalue weighted by atomic mass is 9.98. The minimum Gasteiger partial charge on any atom is -0.338 e. The number of rotatable bonds is 4. The molecule has 0 atom stereocenters. The second-order valence-electron chi connectivity index (χ2n) is 5.77. The van der Waals surface area contributed by atoms with Gasteiger partial charge < -0.3 is 4.90 Å². The minimum absolute atomic E-state index is 0.0442. The number of nitro benzene ring substituents is 1. The van der Waals surface area contributed by atoms with Crippen LogP contribution in [0.5, 0.6) is 0 Å². The first-order valence-corrected chi connectivity index (χ1v) is 8.76. The largest absolute Gasteiger partial charge is 0.338 e. The summed E-state index contributed by atoms with van der Waals surface area (Å²) in [4.78, 5) is 25.3. The lowest BCUT2D eigenvalue weighted by Gasteiger charge is -2.28. The Morgan fingerprint density at radius 1 is 1.25 bits per heavy atom. The molecule has 0 unspecified atom stereocenters. The minimum atomic E-state index is -0.310. The number of benzene rings is 2. The number of thioether (sulfide) groups is 1. The van der Waals surface area contributed by atoms with E-state index in [-0.39, 0.29) is 16.5 Å². The molecule has 124 valence electrons. The third kappa shape index (κ3) is 3.43. The summed E-state index contributed by atoms with van der Waals surface area (Å²) in [7, 11) is 0. The van der Waals surface area contributed by atoms with Crippen molar-refractivity contribution >= 4 is 23.4 Å². The summed E-state index contributed by atoms with van der Waals surface area (Å²) in [6.45, 7) is 2.45. The monoisotopic (exact) mass is 342 g/mol. The second kappa shape index (κ2) is 7.05. The van der Waals surface area contributed by atoms with Crippen molar-refractivity contribution in [1.29, 1.82) is 0 Å². The van der Waals surface area contributed by atoms with Crippen LogP contribution in [-0.4, -0.2) is 22.3 Å². The molecule has 2 aromatic rings. The highest BCUT2D eigenvalue weighted by Crippen LogP contribution is 2.38. The van der Waals surface area contributed by atoms with Crippen LogP contribution in [0.15, 0.2) is 47.4 Å². The molecule has 1 aliphatic heterocycles. The fourth-order valence-corrected chi connectivity index (χ4v) is 3.93. The SMILES string of the molecule is CC(=O)N1CCc2ccc(SCc3ccccc3)c([N+](=O)[O-])c2C1. The Balaban J connectivity index is 1.91. The third-order valence-electron chi connectivity index (χ3n) is 4.21. The highest BCUT2D eigenvalue weighted by atomic mass is 32.2. The van der Waals surface area contributed by atoms with E-state index < -0.39 is 0 Å². The van der Waals surface area contributed by atoms with Gasteiger partial charge in [-0.1, -0.05) is 36.4 Å². The Bertz CT molecular complexity index is 777. The van der Waals surface area contributed by atoms with Crippen molar-refractivity contribution in [2.45, 2.75) is 30.5 Å². The summed E-state index contributed by atoms with van der Waals surface area (Å²) in [6.07, 6.45) is 0.666. The van der Waals surface area contributed by atoms with E-state index >= 15 is 0 Å². The normalized spacial score (nSPS) is 13.5. The van der Waals surface area contributed by atoms with Crippen molar-refractivity contribution in [2.24, 2.45) is 0 Å². The van der Waals surface area contributed by atoms with Crippen molar-refractivity contribution < 1.29 is 9.72 Å². The van der Waals surface area contributed by atoms with Crippen LogP contribution in [0.3, 0.4) is 0 Å². The van der Waals surface area contributed by atoms with Crippen LogP contribution in [-0.2, 0) is 23.5 Å². The Labute approximate surface area is 144 Å². The van der Waals surface area contributed by atoms with E-state index in [9.17, 15) is 14.9 Å². The molecule has 1 aliphatic rings. The van der Waals surface area contributed by atoms with E-state index in [1.165, 1.54) is 18.7 Å². The van der Waals surface area contributed by atoms with Crippen LogP contribution in [0.4, 0.5) is 5.69 Å². The molecule has 0 radical (unpaired) electrons. The number of hydrogen-bond donors (Lipinski definition) is 0. The summed E-state index contributed by atoms with van der Waals surface area (Å²) in [5.41, 5.74) is 2.93. The summed E-state index contributed by atoms with van der Waals surface area (Å²) in [5, 5.41) is 11.7. The molecule has 0 aromatic heterocycles. The zero-order chi connectivity index (χ0) is 17.1. The average Bonchev–Trinajstić information content (AvgIpc) is 2.59. The lowest BCUT2D eigenvalue weighted by molar-refractivity contribution is -0.388. The first-order chi connectivity index (χ1) is 11.6. The maximum Gasteiger partial charge on any atom is 0.288 e. The number of nitrogens with zero attached hydrogens (tertiary/aromatic N) is 2. The number of amides is 1. The van der Waals surface area contributed by atoms with Gasteiger partial charge in [0, 0.05) is 19.2 Å². The number of nitro groups is 1. The maximum atomic E-state index is 11.7. The first-order valence-electron chi connectivity index (χ1n) is 7.77. The number of carbonyl (C=O) groups excluding carboxylic acids is 1. The van der Waals surface area contributed by atoms with Crippen LogP contribution in [0.25, 0.3) is 0 Å². The van der Waals surface area contributed by atoms with Gasteiger partial charge in [-0.3, -0.25) is 14.9 Å². The molecule has 1 heterocycles. The number of hydrogen-bond acceptors (Lipinski definition) is 4. The molecule has 0 aliphatic carbocycles. The highest BCUT2D eigenvalue weighted by Gasteiger charge is 2.28. The lowest BCUT2D eigenvalue weighted by Crippen LogP contribution is -2.34. The maximum absolute atomic E-state index is 11.7. The number of carbonyl (C=O) groups is 1. The molecule has 0 saturated heterocycles.